The minimum atomic E-state index is -0.230. The summed E-state index contributed by atoms with van der Waals surface area (Å²) >= 11 is 7.53. The van der Waals surface area contributed by atoms with Crippen LogP contribution in [0.3, 0.4) is 0 Å². The predicted octanol–water partition coefficient (Wildman–Crippen LogP) is 4.88. The number of thiophene rings is 1. The van der Waals surface area contributed by atoms with Gasteiger partial charge in [-0.1, -0.05) is 24.6 Å². The first kappa shape index (κ1) is 13.5. The Bertz CT molecular complexity index is 538. The van der Waals surface area contributed by atoms with Crippen molar-refractivity contribution in [3.05, 3.63) is 46.0 Å². The van der Waals surface area contributed by atoms with Crippen molar-refractivity contribution in [2.75, 3.05) is 6.54 Å². The SMILES string of the molecule is CCNC(C)c1ccc(F)c(-c2sccc2Cl)c1. The lowest BCUT2D eigenvalue weighted by atomic mass is 10.0. The van der Waals surface area contributed by atoms with Crippen LogP contribution in [-0.4, -0.2) is 6.54 Å². The zero-order valence-electron chi connectivity index (χ0n) is 10.3. The molecule has 1 aromatic carbocycles. The lowest BCUT2D eigenvalue weighted by Crippen LogP contribution is -2.17. The third-order valence-electron chi connectivity index (χ3n) is 2.86. The Hall–Kier alpha value is -0.900. The highest BCUT2D eigenvalue weighted by Crippen LogP contribution is 2.35. The number of nitrogens with one attached hydrogen (secondary N) is 1. The molecule has 2 rings (SSSR count). The molecule has 0 saturated carbocycles. The van der Waals surface area contributed by atoms with Crippen LogP contribution in [0.5, 0.6) is 0 Å². The van der Waals surface area contributed by atoms with Gasteiger partial charge in [0.05, 0.1) is 9.90 Å². The zero-order chi connectivity index (χ0) is 13.1. The molecule has 0 bridgehead atoms. The molecule has 1 aromatic heterocycles. The molecular weight excluding hydrogens is 269 g/mol. The maximum Gasteiger partial charge on any atom is 0.131 e. The first-order chi connectivity index (χ1) is 8.63. The molecule has 1 atom stereocenters. The second kappa shape index (κ2) is 5.83. The molecule has 0 amide bonds. The fourth-order valence-corrected chi connectivity index (χ4v) is 3.07. The van der Waals surface area contributed by atoms with Crippen LogP contribution in [0.15, 0.2) is 29.6 Å². The van der Waals surface area contributed by atoms with Crippen LogP contribution in [0.2, 0.25) is 5.02 Å². The summed E-state index contributed by atoms with van der Waals surface area (Å²) in [7, 11) is 0. The molecular formula is C14H15ClFNS. The Labute approximate surface area is 116 Å². The molecule has 1 N–H and O–H groups in total. The number of rotatable bonds is 4. The number of hydrogen-bond donors (Lipinski definition) is 1. The minimum Gasteiger partial charge on any atom is -0.310 e. The summed E-state index contributed by atoms with van der Waals surface area (Å²) in [5.74, 6) is -0.230. The molecule has 0 radical (unpaired) electrons. The van der Waals surface area contributed by atoms with Gasteiger partial charge in [-0.25, -0.2) is 4.39 Å². The van der Waals surface area contributed by atoms with E-state index in [1.54, 1.807) is 6.07 Å². The number of hydrogen-bond acceptors (Lipinski definition) is 2. The largest absolute Gasteiger partial charge is 0.310 e. The molecule has 0 aliphatic heterocycles. The number of halogens is 2. The van der Waals surface area contributed by atoms with E-state index in [9.17, 15) is 4.39 Å². The molecule has 0 spiro atoms. The Morgan fingerprint density at radius 3 is 2.78 bits per heavy atom. The molecule has 96 valence electrons. The van der Waals surface area contributed by atoms with Crippen molar-refractivity contribution in [1.82, 2.24) is 5.32 Å². The van der Waals surface area contributed by atoms with Crippen LogP contribution < -0.4 is 5.32 Å². The first-order valence-corrected chi connectivity index (χ1v) is 7.15. The summed E-state index contributed by atoms with van der Waals surface area (Å²) < 4.78 is 13.9. The molecule has 1 nitrogen and oxygen atoms in total. The summed E-state index contributed by atoms with van der Waals surface area (Å²) in [4.78, 5) is 0.791. The molecule has 0 aliphatic carbocycles. The highest BCUT2D eigenvalue weighted by atomic mass is 35.5. The highest BCUT2D eigenvalue weighted by molar-refractivity contribution is 7.14. The molecule has 1 heterocycles. The van der Waals surface area contributed by atoms with Gasteiger partial charge >= 0.3 is 0 Å². The Morgan fingerprint density at radius 1 is 1.39 bits per heavy atom. The van der Waals surface area contributed by atoms with E-state index in [2.05, 4.69) is 19.2 Å². The quantitative estimate of drug-likeness (QED) is 0.843. The fourth-order valence-electron chi connectivity index (χ4n) is 1.90. The normalized spacial score (nSPS) is 12.7. The van der Waals surface area contributed by atoms with Gasteiger partial charge in [-0.05, 0) is 42.6 Å². The van der Waals surface area contributed by atoms with Crippen LogP contribution in [0.25, 0.3) is 10.4 Å². The summed E-state index contributed by atoms with van der Waals surface area (Å²) in [6, 6.07) is 7.19. The lowest BCUT2D eigenvalue weighted by Gasteiger charge is -2.14. The topological polar surface area (TPSA) is 12.0 Å². The second-order valence-electron chi connectivity index (χ2n) is 4.12. The van der Waals surface area contributed by atoms with E-state index in [-0.39, 0.29) is 11.9 Å². The van der Waals surface area contributed by atoms with Crippen molar-refractivity contribution in [3.8, 4) is 10.4 Å². The van der Waals surface area contributed by atoms with Gasteiger partial charge in [0.25, 0.3) is 0 Å². The third-order valence-corrected chi connectivity index (χ3v) is 4.24. The van der Waals surface area contributed by atoms with Crippen molar-refractivity contribution in [2.45, 2.75) is 19.9 Å². The highest BCUT2D eigenvalue weighted by Gasteiger charge is 2.13. The Kier molecular flexibility index (Phi) is 4.38. The first-order valence-electron chi connectivity index (χ1n) is 5.89. The standard InChI is InChI=1S/C14H15ClFNS/c1-3-17-9(2)10-4-5-13(16)11(8-10)14-12(15)6-7-18-14/h4-9,17H,3H2,1-2H3. The second-order valence-corrected chi connectivity index (χ2v) is 5.44. The summed E-state index contributed by atoms with van der Waals surface area (Å²) in [5.41, 5.74) is 1.65. The minimum absolute atomic E-state index is 0.202. The van der Waals surface area contributed by atoms with E-state index < -0.39 is 0 Å². The van der Waals surface area contributed by atoms with Gasteiger partial charge in [-0.2, -0.15) is 0 Å². The van der Waals surface area contributed by atoms with Gasteiger partial charge in [0.1, 0.15) is 5.82 Å². The summed E-state index contributed by atoms with van der Waals surface area (Å²) in [6.07, 6.45) is 0. The molecule has 4 heteroatoms. The molecule has 1 unspecified atom stereocenters. The van der Waals surface area contributed by atoms with E-state index in [1.165, 1.54) is 17.4 Å². The average molecular weight is 284 g/mol. The Balaban J connectivity index is 2.42. The Morgan fingerprint density at radius 2 is 2.17 bits per heavy atom. The van der Waals surface area contributed by atoms with Crippen molar-refractivity contribution in [1.29, 1.82) is 0 Å². The van der Waals surface area contributed by atoms with E-state index in [4.69, 9.17) is 11.6 Å². The van der Waals surface area contributed by atoms with Gasteiger partial charge in [0, 0.05) is 11.6 Å². The smallest absolute Gasteiger partial charge is 0.131 e. The van der Waals surface area contributed by atoms with Crippen molar-refractivity contribution < 1.29 is 4.39 Å². The fraction of sp³-hybridized carbons (Fsp3) is 0.286. The van der Waals surface area contributed by atoms with Crippen molar-refractivity contribution in [2.24, 2.45) is 0 Å². The van der Waals surface area contributed by atoms with Gasteiger partial charge in [0.15, 0.2) is 0 Å². The van der Waals surface area contributed by atoms with Crippen molar-refractivity contribution >= 4 is 22.9 Å². The van der Waals surface area contributed by atoms with Crippen LogP contribution in [0.4, 0.5) is 4.39 Å². The molecule has 0 fully saturated rings. The summed E-state index contributed by atoms with van der Waals surface area (Å²) in [6.45, 7) is 5.00. The van der Waals surface area contributed by atoms with Gasteiger partial charge in [-0.15, -0.1) is 11.3 Å². The predicted molar refractivity (Wildman–Crippen MR) is 76.8 cm³/mol. The van der Waals surface area contributed by atoms with E-state index in [0.717, 1.165) is 17.0 Å². The van der Waals surface area contributed by atoms with Crippen LogP contribution in [-0.2, 0) is 0 Å². The van der Waals surface area contributed by atoms with E-state index in [1.807, 2.05) is 17.5 Å². The van der Waals surface area contributed by atoms with Gasteiger partial charge in [-0.3, -0.25) is 0 Å². The van der Waals surface area contributed by atoms with Crippen molar-refractivity contribution in [3.63, 3.8) is 0 Å². The molecule has 0 saturated heterocycles. The van der Waals surface area contributed by atoms with Gasteiger partial charge in [0.2, 0.25) is 0 Å². The van der Waals surface area contributed by atoms with Crippen LogP contribution >= 0.6 is 22.9 Å². The monoisotopic (exact) mass is 283 g/mol. The van der Waals surface area contributed by atoms with E-state index in [0.29, 0.717) is 10.6 Å². The third kappa shape index (κ3) is 2.74. The van der Waals surface area contributed by atoms with Crippen LogP contribution in [0, 0.1) is 5.82 Å². The molecule has 0 aliphatic rings. The summed E-state index contributed by atoms with van der Waals surface area (Å²) in [5, 5.41) is 5.79. The number of benzene rings is 1. The van der Waals surface area contributed by atoms with E-state index >= 15 is 0 Å². The maximum absolute atomic E-state index is 13.9. The van der Waals surface area contributed by atoms with Crippen LogP contribution in [0.1, 0.15) is 25.5 Å². The molecule has 18 heavy (non-hydrogen) atoms. The lowest BCUT2D eigenvalue weighted by molar-refractivity contribution is 0.593. The van der Waals surface area contributed by atoms with Gasteiger partial charge < -0.3 is 5.32 Å². The average Bonchev–Trinajstić information content (AvgIpc) is 2.76. The molecule has 2 aromatic rings. The zero-order valence-corrected chi connectivity index (χ0v) is 11.9. The maximum atomic E-state index is 13.9.